The molecule has 10 rings (SSSR count). The second-order valence-electron chi connectivity index (χ2n) is 12.9. The van der Waals surface area contributed by atoms with Crippen LogP contribution >= 0.6 is 11.3 Å². The van der Waals surface area contributed by atoms with E-state index in [1.165, 1.54) is 81.5 Å². The lowest BCUT2D eigenvalue weighted by molar-refractivity contribution is 1.30. The van der Waals surface area contributed by atoms with Crippen LogP contribution in [0.5, 0.6) is 0 Å². The fraction of sp³-hybridized carbons (Fsp3) is 0. The molecule has 0 bridgehead atoms. The molecule has 0 spiro atoms. The van der Waals surface area contributed by atoms with Crippen molar-refractivity contribution < 1.29 is 0 Å². The lowest BCUT2D eigenvalue weighted by atomic mass is 9.81. The zero-order valence-electron chi connectivity index (χ0n) is 27.3. The fourth-order valence-corrected chi connectivity index (χ4v) is 8.92. The molecule has 0 N–H and O–H groups in total. The molecule has 2 heteroatoms. The van der Waals surface area contributed by atoms with Crippen molar-refractivity contribution in [3.63, 3.8) is 0 Å². The van der Waals surface area contributed by atoms with Gasteiger partial charge in [0.1, 0.15) is 0 Å². The minimum Gasteiger partial charge on any atom is -0.310 e. The summed E-state index contributed by atoms with van der Waals surface area (Å²) >= 11 is 1.86. The van der Waals surface area contributed by atoms with Crippen molar-refractivity contribution in [2.45, 2.75) is 0 Å². The Morgan fingerprint density at radius 2 is 0.800 bits per heavy atom. The summed E-state index contributed by atoms with van der Waals surface area (Å²) in [6.07, 6.45) is 0. The zero-order valence-corrected chi connectivity index (χ0v) is 28.1. The predicted molar refractivity (Wildman–Crippen MR) is 215 cm³/mol. The smallest absolute Gasteiger partial charge is 0.0554 e. The molecule has 0 saturated heterocycles. The highest BCUT2D eigenvalue weighted by atomic mass is 32.1. The van der Waals surface area contributed by atoms with Gasteiger partial charge in [0.25, 0.3) is 0 Å². The van der Waals surface area contributed by atoms with Gasteiger partial charge in [-0.3, -0.25) is 0 Å². The van der Waals surface area contributed by atoms with Crippen LogP contribution in [0, 0.1) is 0 Å². The van der Waals surface area contributed by atoms with Gasteiger partial charge in [-0.15, -0.1) is 11.3 Å². The van der Waals surface area contributed by atoms with E-state index in [9.17, 15) is 0 Å². The van der Waals surface area contributed by atoms with Crippen LogP contribution in [0.15, 0.2) is 188 Å². The molecule has 0 radical (unpaired) electrons. The summed E-state index contributed by atoms with van der Waals surface area (Å²) in [6, 6.07) is 68.8. The van der Waals surface area contributed by atoms with Gasteiger partial charge in [0.15, 0.2) is 0 Å². The van der Waals surface area contributed by atoms with Crippen molar-refractivity contribution in [2.75, 3.05) is 4.90 Å². The Morgan fingerprint density at radius 1 is 0.320 bits per heavy atom. The Balaban J connectivity index is 1.24. The highest BCUT2D eigenvalue weighted by Crippen LogP contribution is 2.50. The molecule has 0 unspecified atom stereocenters. The van der Waals surface area contributed by atoms with Crippen LogP contribution in [0.4, 0.5) is 17.1 Å². The molecule has 50 heavy (non-hydrogen) atoms. The topological polar surface area (TPSA) is 3.24 Å². The number of hydrogen-bond donors (Lipinski definition) is 0. The predicted octanol–water partition coefficient (Wildman–Crippen LogP) is 14.2. The SMILES string of the molecule is c1ccc(-c2ccc(N(c3ccc4c(c3)-c3ccccc3-c3ccccc3-c3ccccc3-4)c3cccc4sc5ccccc5c34)cc2)cc1. The summed E-state index contributed by atoms with van der Waals surface area (Å²) in [4.78, 5) is 2.46. The largest absolute Gasteiger partial charge is 0.310 e. The maximum atomic E-state index is 2.46. The molecule has 234 valence electrons. The number of nitrogens with zero attached hydrogens (tertiary/aromatic N) is 1. The lowest BCUT2D eigenvalue weighted by Gasteiger charge is -2.29. The summed E-state index contributed by atoms with van der Waals surface area (Å²) in [6.45, 7) is 0. The van der Waals surface area contributed by atoms with E-state index in [1.54, 1.807) is 0 Å². The number of rotatable bonds is 4. The van der Waals surface area contributed by atoms with Crippen molar-refractivity contribution in [1.82, 2.24) is 0 Å². The van der Waals surface area contributed by atoms with E-state index in [2.05, 4.69) is 193 Å². The van der Waals surface area contributed by atoms with Gasteiger partial charge >= 0.3 is 0 Å². The third kappa shape index (κ3) is 4.61. The minimum absolute atomic E-state index is 1.12. The van der Waals surface area contributed by atoms with Crippen LogP contribution in [0.25, 0.3) is 75.8 Å². The summed E-state index contributed by atoms with van der Waals surface area (Å²) in [7, 11) is 0. The monoisotopic (exact) mass is 653 g/mol. The Bertz CT molecular complexity index is 2700. The van der Waals surface area contributed by atoms with Gasteiger partial charge in [-0.25, -0.2) is 0 Å². The Labute approximate surface area is 296 Å². The third-order valence-corrected chi connectivity index (χ3v) is 11.2. The summed E-state index contributed by atoms with van der Waals surface area (Å²) < 4.78 is 2.59. The highest BCUT2D eigenvalue weighted by molar-refractivity contribution is 7.26. The summed E-state index contributed by atoms with van der Waals surface area (Å²) in [5.74, 6) is 0. The zero-order chi connectivity index (χ0) is 33.0. The second kappa shape index (κ2) is 11.7. The molecule has 9 aromatic rings. The maximum Gasteiger partial charge on any atom is 0.0554 e. The third-order valence-electron chi connectivity index (χ3n) is 10.1. The highest BCUT2D eigenvalue weighted by Gasteiger charge is 2.24. The molecule has 0 aliphatic heterocycles. The van der Waals surface area contributed by atoms with Gasteiger partial charge in [-0.1, -0.05) is 146 Å². The van der Waals surface area contributed by atoms with Crippen molar-refractivity contribution in [3.05, 3.63) is 188 Å². The lowest BCUT2D eigenvalue weighted by Crippen LogP contribution is -2.11. The normalized spacial score (nSPS) is 11.6. The molecule has 1 aromatic heterocycles. The van der Waals surface area contributed by atoms with Crippen LogP contribution in [0.2, 0.25) is 0 Å². The molecule has 1 aliphatic carbocycles. The number of thiophene rings is 1. The molecular formula is C48H31NS. The number of anilines is 3. The molecule has 0 amide bonds. The molecular weight excluding hydrogens is 623 g/mol. The molecule has 0 fully saturated rings. The van der Waals surface area contributed by atoms with Crippen LogP contribution in [-0.4, -0.2) is 0 Å². The van der Waals surface area contributed by atoms with Gasteiger partial charge in [-0.2, -0.15) is 0 Å². The molecule has 8 aromatic carbocycles. The van der Waals surface area contributed by atoms with E-state index >= 15 is 0 Å². The van der Waals surface area contributed by atoms with Crippen molar-refractivity contribution in [3.8, 4) is 55.6 Å². The van der Waals surface area contributed by atoms with Crippen molar-refractivity contribution in [1.29, 1.82) is 0 Å². The Kier molecular flexibility index (Phi) is 6.75. The molecule has 1 heterocycles. The van der Waals surface area contributed by atoms with Gasteiger partial charge in [0.2, 0.25) is 0 Å². The van der Waals surface area contributed by atoms with Crippen LogP contribution in [0.1, 0.15) is 0 Å². The van der Waals surface area contributed by atoms with Crippen molar-refractivity contribution >= 4 is 48.6 Å². The Hall–Kier alpha value is -6.22. The van der Waals surface area contributed by atoms with E-state index in [0.29, 0.717) is 0 Å². The van der Waals surface area contributed by atoms with Gasteiger partial charge in [-0.05, 0) is 98.1 Å². The standard InChI is InChI=1S/C48H31NS/c1-2-13-32(14-3-1)33-25-27-34(28-26-33)49(45-22-12-24-47-48(45)43-21-10-11-23-46(43)50-47)35-29-30-42-40-19-7-6-17-38(40)36-15-4-5-16-37(36)39-18-8-9-20-41(39)44(42)31-35/h1-31H. The molecule has 0 atom stereocenters. The van der Waals surface area contributed by atoms with Crippen LogP contribution in [-0.2, 0) is 0 Å². The fourth-order valence-electron chi connectivity index (χ4n) is 7.79. The van der Waals surface area contributed by atoms with E-state index < -0.39 is 0 Å². The summed E-state index contributed by atoms with van der Waals surface area (Å²) in [5.41, 5.74) is 15.8. The second-order valence-corrected chi connectivity index (χ2v) is 13.9. The van der Waals surface area contributed by atoms with Crippen molar-refractivity contribution in [2.24, 2.45) is 0 Å². The molecule has 0 saturated carbocycles. The number of fused-ring (bicyclic) bond motifs is 11. The molecule has 1 nitrogen and oxygen atoms in total. The quantitative estimate of drug-likeness (QED) is 0.183. The molecule has 1 aliphatic rings. The van der Waals surface area contributed by atoms with E-state index in [4.69, 9.17) is 0 Å². The number of hydrogen-bond acceptors (Lipinski definition) is 2. The van der Waals surface area contributed by atoms with Gasteiger partial charge < -0.3 is 4.90 Å². The first-order valence-corrected chi connectivity index (χ1v) is 17.9. The minimum atomic E-state index is 1.12. The van der Waals surface area contributed by atoms with Gasteiger partial charge in [0.05, 0.1) is 5.69 Å². The maximum absolute atomic E-state index is 2.46. The van der Waals surface area contributed by atoms with Gasteiger partial charge in [0, 0.05) is 31.5 Å². The first-order valence-electron chi connectivity index (χ1n) is 17.1. The first-order chi connectivity index (χ1) is 24.8. The van der Waals surface area contributed by atoms with E-state index in [0.717, 1.165) is 11.4 Å². The summed E-state index contributed by atoms with van der Waals surface area (Å²) in [5, 5.41) is 2.57. The van der Waals surface area contributed by atoms with Crippen LogP contribution in [0.3, 0.4) is 0 Å². The van der Waals surface area contributed by atoms with E-state index in [-0.39, 0.29) is 0 Å². The average molecular weight is 654 g/mol. The van der Waals surface area contributed by atoms with E-state index in [1.807, 2.05) is 11.3 Å². The number of benzene rings is 8. The van der Waals surface area contributed by atoms with Crippen LogP contribution < -0.4 is 4.90 Å². The first kappa shape index (κ1) is 28.8. The Morgan fingerprint density at radius 3 is 1.44 bits per heavy atom. The average Bonchev–Trinajstić information content (AvgIpc) is 3.58.